The first-order chi connectivity index (χ1) is 20.1. The zero-order chi connectivity index (χ0) is 29.9. The van der Waals surface area contributed by atoms with Gasteiger partial charge in [-0.2, -0.15) is 0 Å². The molecule has 0 radical (unpaired) electrons. The minimum Gasteiger partial charge on any atom is -0.446 e. The van der Waals surface area contributed by atoms with E-state index in [9.17, 15) is 9.59 Å². The van der Waals surface area contributed by atoms with Crippen LogP contribution in [-0.4, -0.2) is 41.2 Å². The number of nitrogens with one attached hydrogen (secondary N) is 3. The molecule has 5 rings (SSSR count). The number of aromatic nitrogens is 2. The van der Waals surface area contributed by atoms with Crippen molar-refractivity contribution in [3.63, 3.8) is 0 Å². The first-order valence-electron chi connectivity index (χ1n) is 17.0. The van der Waals surface area contributed by atoms with E-state index in [1.165, 1.54) is 56.9 Å². The number of amides is 2. The predicted octanol–water partition coefficient (Wildman–Crippen LogP) is 7.20. The van der Waals surface area contributed by atoms with E-state index in [2.05, 4.69) is 61.3 Å². The SMILES string of the molecule is CC(C)CCC[C@@H](C)[C@H]1CC[C@H]2[C@@H]3CC=C4CC(OC(=O)NCC(=O)NCCc5cnc[nH]5)CC[C@]4(C)[C@H]3CC[C@]12C. The molecular weight excluding hydrogens is 524 g/mol. The summed E-state index contributed by atoms with van der Waals surface area (Å²) in [6, 6.07) is 0. The van der Waals surface area contributed by atoms with Gasteiger partial charge in [0.2, 0.25) is 5.91 Å². The summed E-state index contributed by atoms with van der Waals surface area (Å²) in [7, 11) is 0. The molecule has 1 aromatic heterocycles. The Kier molecular flexibility index (Phi) is 9.73. The lowest BCUT2D eigenvalue weighted by molar-refractivity contribution is -0.120. The quantitative estimate of drug-likeness (QED) is 0.241. The van der Waals surface area contributed by atoms with Crippen molar-refractivity contribution in [2.75, 3.05) is 13.1 Å². The summed E-state index contributed by atoms with van der Waals surface area (Å²) in [5, 5.41) is 5.47. The van der Waals surface area contributed by atoms with Crippen LogP contribution in [0.1, 0.15) is 111 Å². The van der Waals surface area contributed by atoms with E-state index in [0.29, 0.717) is 18.4 Å². The molecule has 4 aliphatic carbocycles. The molecule has 234 valence electrons. The van der Waals surface area contributed by atoms with Crippen molar-refractivity contribution in [2.24, 2.45) is 46.3 Å². The maximum atomic E-state index is 12.5. The van der Waals surface area contributed by atoms with Gasteiger partial charge in [0.05, 0.1) is 12.9 Å². The number of fused-ring (bicyclic) bond motifs is 5. The number of hydrogen-bond acceptors (Lipinski definition) is 4. The van der Waals surface area contributed by atoms with Crippen LogP contribution in [0.2, 0.25) is 0 Å². The molecule has 0 aliphatic heterocycles. The summed E-state index contributed by atoms with van der Waals surface area (Å²) in [4.78, 5) is 31.7. The normalized spacial score (nSPS) is 34.5. The molecule has 3 N–H and O–H groups in total. The summed E-state index contributed by atoms with van der Waals surface area (Å²) in [5.74, 6) is 4.74. The maximum Gasteiger partial charge on any atom is 0.407 e. The van der Waals surface area contributed by atoms with Gasteiger partial charge in [-0.1, -0.05) is 65.5 Å². The lowest BCUT2D eigenvalue weighted by Gasteiger charge is -2.58. The number of carbonyl (C=O) groups excluding carboxylic acids is 2. The zero-order valence-corrected chi connectivity index (χ0v) is 26.8. The van der Waals surface area contributed by atoms with E-state index in [0.717, 1.165) is 60.5 Å². The number of allylic oxidation sites excluding steroid dienone is 1. The molecule has 0 bridgehead atoms. The van der Waals surface area contributed by atoms with Crippen LogP contribution in [0.15, 0.2) is 24.2 Å². The molecule has 0 spiro atoms. The molecule has 3 fully saturated rings. The van der Waals surface area contributed by atoms with Gasteiger partial charge in [-0.15, -0.1) is 0 Å². The highest BCUT2D eigenvalue weighted by molar-refractivity contribution is 5.82. The molecule has 8 atom stereocenters. The van der Waals surface area contributed by atoms with Gasteiger partial charge in [0.25, 0.3) is 0 Å². The fourth-order valence-electron chi connectivity index (χ4n) is 9.92. The smallest absolute Gasteiger partial charge is 0.407 e. The number of H-pyrrole nitrogens is 1. The highest BCUT2D eigenvalue weighted by Crippen LogP contribution is 2.67. The van der Waals surface area contributed by atoms with Gasteiger partial charge in [-0.05, 0) is 91.3 Å². The first-order valence-corrected chi connectivity index (χ1v) is 17.0. The monoisotopic (exact) mass is 580 g/mol. The highest BCUT2D eigenvalue weighted by Gasteiger charge is 2.59. The third-order valence-corrected chi connectivity index (χ3v) is 12.2. The third-order valence-electron chi connectivity index (χ3n) is 12.2. The van der Waals surface area contributed by atoms with Crippen molar-refractivity contribution in [3.05, 3.63) is 29.9 Å². The fraction of sp³-hybridized carbons (Fsp3) is 0.800. The largest absolute Gasteiger partial charge is 0.446 e. The number of nitrogens with zero attached hydrogens (tertiary/aromatic N) is 1. The Morgan fingerprint density at radius 1 is 1.07 bits per heavy atom. The number of rotatable bonds is 11. The van der Waals surface area contributed by atoms with Gasteiger partial charge < -0.3 is 20.4 Å². The third kappa shape index (κ3) is 6.60. The second-order valence-corrected chi connectivity index (χ2v) is 15.1. The summed E-state index contributed by atoms with van der Waals surface area (Å²) >= 11 is 0. The average Bonchev–Trinajstić information content (AvgIpc) is 3.59. The van der Waals surface area contributed by atoms with Crippen LogP contribution in [-0.2, 0) is 16.0 Å². The van der Waals surface area contributed by atoms with E-state index < -0.39 is 6.09 Å². The van der Waals surface area contributed by atoms with Crippen molar-refractivity contribution >= 4 is 12.0 Å². The fourth-order valence-corrected chi connectivity index (χ4v) is 9.92. The summed E-state index contributed by atoms with van der Waals surface area (Å²) in [5.41, 5.74) is 3.22. The van der Waals surface area contributed by atoms with Gasteiger partial charge in [-0.25, -0.2) is 9.78 Å². The van der Waals surface area contributed by atoms with Crippen LogP contribution < -0.4 is 10.6 Å². The minimum atomic E-state index is -0.491. The van der Waals surface area contributed by atoms with Gasteiger partial charge in [0.1, 0.15) is 6.10 Å². The van der Waals surface area contributed by atoms with E-state index >= 15 is 0 Å². The van der Waals surface area contributed by atoms with Crippen molar-refractivity contribution in [1.82, 2.24) is 20.6 Å². The topological polar surface area (TPSA) is 96.1 Å². The van der Waals surface area contributed by atoms with E-state index in [1.54, 1.807) is 12.5 Å². The molecule has 42 heavy (non-hydrogen) atoms. The number of aromatic amines is 1. The zero-order valence-electron chi connectivity index (χ0n) is 26.8. The van der Waals surface area contributed by atoms with Gasteiger partial charge in [0.15, 0.2) is 0 Å². The van der Waals surface area contributed by atoms with Crippen molar-refractivity contribution in [3.8, 4) is 0 Å². The lowest BCUT2D eigenvalue weighted by Crippen LogP contribution is -2.51. The molecule has 3 saturated carbocycles. The maximum absolute atomic E-state index is 12.5. The molecule has 0 saturated heterocycles. The Morgan fingerprint density at radius 3 is 2.67 bits per heavy atom. The average molecular weight is 581 g/mol. The van der Waals surface area contributed by atoms with E-state index in [1.807, 2.05) is 0 Å². The Bertz CT molecular complexity index is 1100. The molecule has 1 heterocycles. The standard InChI is InChI=1S/C35H56N4O3/c1-23(2)7-6-8-24(3)29-11-12-30-28-10-9-25-19-27(13-16-34(25,4)31(28)14-17-35(29,30)5)42-33(41)38-21-32(40)37-18-15-26-20-36-22-39-26/h9,20,22-24,27-31H,6-8,10-19,21H2,1-5H3,(H,36,39)(H,37,40)(H,38,41)/t24-,27?,28+,29-,30+,31+,34+,35-/m1/s1. The summed E-state index contributed by atoms with van der Waals surface area (Å²) in [6.45, 7) is 12.9. The van der Waals surface area contributed by atoms with Gasteiger partial charge in [-0.3, -0.25) is 4.79 Å². The molecule has 7 heteroatoms. The summed E-state index contributed by atoms with van der Waals surface area (Å²) < 4.78 is 5.82. The first kappa shape index (κ1) is 31.1. The molecule has 1 aromatic rings. The van der Waals surface area contributed by atoms with Crippen LogP contribution >= 0.6 is 0 Å². The van der Waals surface area contributed by atoms with Gasteiger partial charge in [0, 0.05) is 31.3 Å². The van der Waals surface area contributed by atoms with E-state index in [-0.39, 0.29) is 24.0 Å². The van der Waals surface area contributed by atoms with E-state index in [4.69, 9.17) is 4.74 Å². The minimum absolute atomic E-state index is 0.0732. The van der Waals surface area contributed by atoms with Crippen LogP contribution in [0.5, 0.6) is 0 Å². The van der Waals surface area contributed by atoms with Crippen molar-refractivity contribution in [2.45, 2.75) is 118 Å². The second kappa shape index (κ2) is 13.1. The molecule has 0 aromatic carbocycles. The summed E-state index contributed by atoms with van der Waals surface area (Å²) in [6.07, 6.45) is 19.7. The lowest BCUT2D eigenvalue weighted by atomic mass is 9.47. The Balaban J connectivity index is 1.11. The van der Waals surface area contributed by atoms with Crippen LogP contribution in [0.4, 0.5) is 4.79 Å². The highest BCUT2D eigenvalue weighted by atomic mass is 16.6. The predicted molar refractivity (Wildman–Crippen MR) is 167 cm³/mol. The van der Waals surface area contributed by atoms with Gasteiger partial charge >= 0.3 is 6.09 Å². The Morgan fingerprint density at radius 2 is 1.90 bits per heavy atom. The van der Waals surface area contributed by atoms with Crippen LogP contribution in [0, 0.1) is 46.3 Å². The van der Waals surface area contributed by atoms with Crippen LogP contribution in [0.3, 0.4) is 0 Å². The second-order valence-electron chi connectivity index (χ2n) is 15.1. The number of alkyl carbamates (subject to hydrolysis) is 1. The molecule has 7 nitrogen and oxygen atoms in total. The van der Waals surface area contributed by atoms with Crippen molar-refractivity contribution in [1.29, 1.82) is 0 Å². The number of carbonyl (C=O) groups is 2. The molecule has 4 aliphatic rings. The number of hydrogen-bond donors (Lipinski definition) is 3. The molecular formula is C35H56N4O3. The molecule has 1 unspecified atom stereocenters. The number of imidazole rings is 1. The molecule has 2 amide bonds. The Hall–Kier alpha value is -2.31. The van der Waals surface area contributed by atoms with Crippen LogP contribution in [0.25, 0.3) is 0 Å². The number of ether oxygens (including phenoxy) is 1. The Labute approximate surface area is 253 Å². The van der Waals surface area contributed by atoms with Crippen molar-refractivity contribution < 1.29 is 14.3 Å².